The third kappa shape index (κ3) is 1.84. The SMILES string of the molecule is C=Cc1nnc(C(C)(C)C)nn1. The minimum Gasteiger partial charge on any atom is -0.131 e. The van der Waals surface area contributed by atoms with E-state index >= 15 is 0 Å². The summed E-state index contributed by atoms with van der Waals surface area (Å²) in [5.74, 6) is 1.11. The van der Waals surface area contributed by atoms with Crippen LogP contribution in [0.25, 0.3) is 6.08 Å². The first-order valence-electron chi connectivity index (χ1n) is 3.74. The predicted octanol–water partition coefficient (Wildman–Crippen LogP) is 1.21. The standard InChI is InChI=1S/C8H12N4/c1-5-6-9-11-7(12-10-6)8(2,3)4/h5H,1H2,2-4H3. The molecule has 0 amide bonds. The Hall–Kier alpha value is -1.32. The number of nitrogens with zero attached hydrogens (tertiary/aromatic N) is 4. The first-order chi connectivity index (χ1) is 5.54. The second-order valence-corrected chi connectivity index (χ2v) is 3.54. The molecule has 4 nitrogen and oxygen atoms in total. The van der Waals surface area contributed by atoms with E-state index in [1.54, 1.807) is 0 Å². The molecule has 0 N–H and O–H groups in total. The van der Waals surface area contributed by atoms with Gasteiger partial charge in [0.15, 0.2) is 11.6 Å². The van der Waals surface area contributed by atoms with E-state index in [1.807, 2.05) is 20.8 Å². The normalized spacial score (nSPS) is 11.2. The van der Waals surface area contributed by atoms with Gasteiger partial charge in [-0.15, -0.1) is 20.4 Å². The van der Waals surface area contributed by atoms with Crippen LogP contribution in [-0.4, -0.2) is 20.4 Å². The van der Waals surface area contributed by atoms with Crippen molar-refractivity contribution in [3.63, 3.8) is 0 Å². The Labute approximate surface area is 71.7 Å². The molecule has 0 aromatic carbocycles. The van der Waals surface area contributed by atoms with Crippen LogP contribution in [0.15, 0.2) is 6.58 Å². The highest BCUT2D eigenvalue weighted by molar-refractivity contribution is 5.33. The van der Waals surface area contributed by atoms with Gasteiger partial charge in [-0.2, -0.15) is 0 Å². The molecule has 0 unspecified atom stereocenters. The van der Waals surface area contributed by atoms with E-state index in [0.29, 0.717) is 11.6 Å². The van der Waals surface area contributed by atoms with Crippen molar-refractivity contribution in [3.05, 3.63) is 18.2 Å². The highest BCUT2D eigenvalue weighted by atomic mass is 15.3. The summed E-state index contributed by atoms with van der Waals surface area (Å²) in [5, 5.41) is 15.5. The largest absolute Gasteiger partial charge is 0.195 e. The van der Waals surface area contributed by atoms with Crippen LogP contribution < -0.4 is 0 Å². The van der Waals surface area contributed by atoms with Crippen molar-refractivity contribution < 1.29 is 0 Å². The quantitative estimate of drug-likeness (QED) is 0.626. The van der Waals surface area contributed by atoms with Gasteiger partial charge in [0.1, 0.15) is 0 Å². The zero-order valence-corrected chi connectivity index (χ0v) is 7.57. The van der Waals surface area contributed by atoms with Crippen LogP contribution in [0.2, 0.25) is 0 Å². The molecular weight excluding hydrogens is 152 g/mol. The Balaban J connectivity index is 3.00. The molecule has 12 heavy (non-hydrogen) atoms. The number of rotatable bonds is 1. The van der Waals surface area contributed by atoms with Gasteiger partial charge in [0.25, 0.3) is 0 Å². The third-order valence-corrected chi connectivity index (χ3v) is 1.35. The predicted molar refractivity (Wildman–Crippen MR) is 46.4 cm³/mol. The summed E-state index contributed by atoms with van der Waals surface area (Å²) in [6, 6.07) is 0. The van der Waals surface area contributed by atoms with Crippen molar-refractivity contribution in [3.8, 4) is 0 Å². The Morgan fingerprint density at radius 1 is 1.08 bits per heavy atom. The van der Waals surface area contributed by atoms with E-state index in [2.05, 4.69) is 27.0 Å². The Morgan fingerprint density at radius 3 is 1.92 bits per heavy atom. The van der Waals surface area contributed by atoms with E-state index in [1.165, 1.54) is 6.08 Å². The Kier molecular flexibility index (Phi) is 2.17. The van der Waals surface area contributed by atoms with Gasteiger partial charge in [-0.25, -0.2) is 0 Å². The molecule has 0 bridgehead atoms. The first kappa shape index (κ1) is 8.77. The second-order valence-electron chi connectivity index (χ2n) is 3.54. The molecule has 64 valence electrons. The van der Waals surface area contributed by atoms with Crippen LogP contribution in [0.1, 0.15) is 32.4 Å². The minimum atomic E-state index is -0.0975. The molecule has 1 heterocycles. The molecular formula is C8H12N4. The number of hydrogen-bond acceptors (Lipinski definition) is 4. The molecule has 1 aromatic rings. The lowest BCUT2D eigenvalue weighted by Crippen LogP contribution is -2.18. The molecule has 4 heteroatoms. The lowest BCUT2D eigenvalue weighted by atomic mass is 9.96. The monoisotopic (exact) mass is 164 g/mol. The van der Waals surface area contributed by atoms with Crippen molar-refractivity contribution >= 4 is 6.08 Å². The molecule has 0 atom stereocenters. The average Bonchev–Trinajstić information content (AvgIpc) is 2.03. The maximum atomic E-state index is 3.93. The molecule has 0 aliphatic heterocycles. The molecule has 1 aromatic heterocycles. The van der Waals surface area contributed by atoms with Crippen LogP contribution in [0.3, 0.4) is 0 Å². The second kappa shape index (κ2) is 2.97. The highest BCUT2D eigenvalue weighted by Crippen LogP contribution is 2.15. The summed E-state index contributed by atoms with van der Waals surface area (Å²) >= 11 is 0. The van der Waals surface area contributed by atoms with Gasteiger partial charge in [-0.05, 0) is 6.08 Å². The van der Waals surface area contributed by atoms with Gasteiger partial charge in [0, 0.05) is 5.41 Å². The lowest BCUT2D eigenvalue weighted by Gasteiger charge is -2.13. The zero-order valence-electron chi connectivity index (χ0n) is 7.57. The Morgan fingerprint density at radius 2 is 1.58 bits per heavy atom. The van der Waals surface area contributed by atoms with Gasteiger partial charge in [0.2, 0.25) is 0 Å². The summed E-state index contributed by atoms with van der Waals surface area (Å²) in [5.41, 5.74) is -0.0975. The van der Waals surface area contributed by atoms with Crippen molar-refractivity contribution in [1.29, 1.82) is 0 Å². The summed E-state index contributed by atoms with van der Waals surface area (Å²) in [6.45, 7) is 9.56. The zero-order chi connectivity index (χ0) is 9.19. The van der Waals surface area contributed by atoms with Crippen LogP contribution in [0, 0.1) is 0 Å². The molecule has 0 aliphatic rings. The average molecular weight is 164 g/mol. The molecule has 1 rings (SSSR count). The molecule has 0 aliphatic carbocycles. The summed E-state index contributed by atoms with van der Waals surface area (Å²) in [7, 11) is 0. The Bertz CT molecular complexity index is 270. The van der Waals surface area contributed by atoms with Crippen LogP contribution >= 0.6 is 0 Å². The maximum absolute atomic E-state index is 3.93. The lowest BCUT2D eigenvalue weighted by molar-refractivity contribution is 0.517. The van der Waals surface area contributed by atoms with Crippen molar-refractivity contribution in [1.82, 2.24) is 20.4 Å². The number of hydrogen-bond donors (Lipinski definition) is 0. The van der Waals surface area contributed by atoms with E-state index in [9.17, 15) is 0 Å². The van der Waals surface area contributed by atoms with E-state index in [-0.39, 0.29) is 5.41 Å². The smallest absolute Gasteiger partial charge is 0.131 e. The maximum Gasteiger partial charge on any atom is 0.195 e. The van der Waals surface area contributed by atoms with Crippen molar-refractivity contribution in [2.45, 2.75) is 26.2 Å². The van der Waals surface area contributed by atoms with Gasteiger partial charge >= 0.3 is 0 Å². The van der Waals surface area contributed by atoms with Gasteiger partial charge < -0.3 is 0 Å². The van der Waals surface area contributed by atoms with E-state index in [0.717, 1.165) is 0 Å². The van der Waals surface area contributed by atoms with Crippen molar-refractivity contribution in [2.75, 3.05) is 0 Å². The molecule has 0 saturated carbocycles. The van der Waals surface area contributed by atoms with E-state index in [4.69, 9.17) is 0 Å². The topological polar surface area (TPSA) is 51.6 Å². The van der Waals surface area contributed by atoms with Crippen molar-refractivity contribution in [2.24, 2.45) is 0 Å². The van der Waals surface area contributed by atoms with Crippen LogP contribution in [0.5, 0.6) is 0 Å². The fourth-order valence-electron chi connectivity index (χ4n) is 0.619. The minimum absolute atomic E-state index is 0.0975. The molecule has 0 radical (unpaired) electrons. The van der Waals surface area contributed by atoms with Gasteiger partial charge in [-0.1, -0.05) is 27.4 Å². The summed E-state index contributed by atoms with van der Waals surface area (Å²) in [6.07, 6.45) is 1.52. The van der Waals surface area contributed by atoms with Crippen LogP contribution in [-0.2, 0) is 5.41 Å². The molecule has 0 fully saturated rings. The molecule has 0 saturated heterocycles. The van der Waals surface area contributed by atoms with Crippen LogP contribution in [0.4, 0.5) is 0 Å². The summed E-state index contributed by atoms with van der Waals surface area (Å²) < 4.78 is 0. The highest BCUT2D eigenvalue weighted by Gasteiger charge is 2.17. The first-order valence-corrected chi connectivity index (χ1v) is 3.74. The number of aromatic nitrogens is 4. The fraction of sp³-hybridized carbons (Fsp3) is 0.500. The third-order valence-electron chi connectivity index (χ3n) is 1.35. The van der Waals surface area contributed by atoms with Gasteiger partial charge in [0.05, 0.1) is 0 Å². The molecule has 0 spiro atoms. The van der Waals surface area contributed by atoms with Gasteiger partial charge in [-0.3, -0.25) is 0 Å². The van der Waals surface area contributed by atoms with E-state index < -0.39 is 0 Å². The fourth-order valence-corrected chi connectivity index (χ4v) is 0.619. The summed E-state index contributed by atoms with van der Waals surface area (Å²) in [4.78, 5) is 0.